The van der Waals surface area contributed by atoms with Crippen LogP contribution in [0, 0.1) is 0 Å². The Bertz CT molecular complexity index is 2220. The Kier molecular flexibility index (Phi) is 5.61. The van der Waals surface area contributed by atoms with Crippen molar-refractivity contribution < 1.29 is 4.32 Å². The van der Waals surface area contributed by atoms with E-state index >= 15 is 4.32 Å². The lowest BCUT2D eigenvalue weighted by Crippen LogP contribution is -2.17. The molecule has 3 aromatic heterocycles. The van der Waals surface area contributed by atoms with Gasteiger partial charge in [-0.2, -0.15) is 0 Å². The maximum absolute atomic E-state index is 15.9. The van der Waals surface area contributed by atoms with Gasteiger partial charge in [0, 0.05) is 69.2 Å². The molecule has 0 bridgehead atoms. The van der Waals surface area contributed by atoms with Crippen LogP contribution in [-0.4, -0.2) is 27.3 Å². The third-order valence-electron chi connectivity index (χ3n) is 8.15. The summed E-state index contributed by atoms with van der Waals surface area (Å²) in [6, 6.07) is 33.0. The van der Waals surface area contributed by atoms with Gasteiger partial charge in [0.05, 0.1) is 11.4 Å². The van der Waals surface area contributed by atoms with E-state index in [1.807, 2.05) is 36.4 Å². The molecular formula is C36H24BFN4. The molecule has 0 atom stereocenters. The van der Waals surface area contributed by atoms with Gasteiger partial charge >= 0.3 is 7.12 Å². The second-order valence-corrected chi connectivity index (χ2v) is 10.6. The van der Waals surface area contributed by atoms with Crippen molar-refractivity contribution in [3.8, 4) is 11.3 Å². The molecular weight excluding hydrogens is 518 g/mol. The number of fused-ring (bicyclic) bond motifs is 6. The first kappa shape index (κ1) is 24.4. The SMILES string of the molecule is CB(F)n1c(/C=C2\N=C(c3ccncc3)c3c2ccc2ccccc32)c2ccc3ccccc3c2c1-c1ccncc1. The lowest BCUT2D eigenvalue weighted by Gasteiger charge is -2.12. The number of rotatable bonds is 4. The van der Waals surface area contributed by atoms with Gasteiger partial charge in [-0.15, -0.1) is 0 Å². The fraction of sp³-hybridized carbons (Fsp3) is 0.0278. The molecule has 1 aliphatic rings. The Morgan fingerprint density at radius 3 is 2.00 bits per heavy atom. The number of pyridine rings is 2. The zero-order valence-corrected chi connectivity index (χ0v) is 22.9. The van der Waals surface area contributed by atoms with Crippen molar-refractivity contribution in [1.82, 2.24) is 14.4 Å². The van der Waals surface area contributed by atoms with Gasteiger partial charge in [-0.05, 0) is 58.7 Å². The molecule has 42 heavy (non-hydrogen) atoms. The van der Waals surface area contributed by atoms with Crippen molar-refractivity contribution in [2.45, 2.75) is 6.82 Å². The lowest BCUT2D eigenvalue weighted by molar-refractivity contribution is 0.800. The number of nitrogens with zero attached hydrogens (tertiary/aromatic N) is 4. The Labute approximate surface area is 242 Å². The summed E-state index contributed by atoms with van der Waals surface area (Å²) >= 11 is 0. The molecule has 0 spiro atoms. The van der Waals surface area contributed by atoms with Crippen LogP contribution in [0.25, 0.3) is 55.3 Å². The number of hydrogen-bond donors (Lipinski definition) is 0. The molecule has 0 unspecified atom stereocenters. The first-order valence-electron chi connectivity index (χ1n) is 14.0. The van der Waals surface area contributed by atoms with Crippen LogP contribution >= 0.6 is 0 Å². The van der Waals surface area contributed by atoms with E-state index in [0.29, 0.717) is 0 Å². The van der Waals surface area contributed by atoms with E-state index in [-0.39, 0.29) is 0 Å². The van der Waals surface area contributed by atoms with Crippen LogP contribution in [0.2, 0.25) is 6.82 Å². The van der Waals surface area contributed by atoms with E-state index in [0.717, 1.165) is 77.4 Å². The van der Waals surface area contributed by atoms with E-state index in [1.165, 1.54) is 0 Å². The molecule has 6 heteroatoms. The van der Waals surface area contributed by atoms with Gasteiger partial charge in [0.1, 0.15) is 0 Å². The molecule has 0 saturated carbocycles. The summed E-state index contributed by atoms with van der Waals surface area (Å²) in [4.78, 5) is 13.7. The Balaban J connectivity index is 1.48. The Morgan fingerprint density at radius 2 is 1.29 bits per heavy atom. The molecule has 7 aromatic rings. The summed E-state index contributed by atoms with van der Waals surface area (Å²) in [6.07, 6.45) is 9.15. The normalized spacial score (nSPS) is 13.7. The van der Waals surface area contributed by atoms with E-state index in [1.54, 1.807) is 36.1 Å². The van der Waals surface area contributed by atoms with Crippen LogP contribution in [0.3, 0.4) is 0 Å². The van der Waals surface area contributed by atoms with Crippen LogP contribution in [-0.2, 0) is 0 Å². The minimum absolute atomic E-state index is 0.784. The first-order chi connectivity index (χ1) is 20.7. The van der Waals surface area contributed by atoms with Crippen molar-refractivity contribution >= 4 is 56.9 Å². The van der Waals surface area contributed by atoms with Crippen molar-refractivity contribution in [1.29, 1.82) is 0 Å². The molecule has 0 radical (unpaired) electrons. The molecule has 4 heterocycles. The van der Waals surface area contributed by atoms with Gasteiger partial charge in [-0.1, -0.05) is 72.8 Å². The number of halogens is 1. The summed E-state index contributed by atoms with van der Waals surface area (Å²) < 4.78 is 17.7. The maximum Gasteiger partial charge on any atom is 0.462 e. The second-order valence-electron chi connectivity index (χ2n) is 10.6. The molecule has 4 nitrogen and oxygen atoms in total. The minimum Gasteiger partial charge on any atom is -0.355 e. The van der Waals surface area contributed by atoms with Crippen molar-refractivity contribution in [3.05, 3.63) is 144 Å². The van der Waals surface area contributed by atoms with Gasteiger partial charge < -0.3 is 8.79 Å². The smallest absolute Gasteiger partial charge is 0.355 e. The fourth-order valence-corrected chi connectivity index (χ4v) is 6.36. The predicted molar refractivity (Wildman–Crippen MR) is 172 cm³/mol. The van der Waals surface area contributed by atoms with Crippen LogP contribution in [0.4, 0.5) is 4.32 Å². The van der Waals surface area contributed by atoms with Crippen LogP contribution in [0.5, 0.6) is 0 Å². The predicted octanol–water partition coefficient (Wildman–Crippen LogP) is 8.69. The molecule has 0 amide bonds. The Morgan fingerprint density at radius 1 is 0.667 bits per heavy atom. The average molecular weight is 542 g/mol. The monoisotopic (exact) mass is 542 g/mol. The molecule has 198 valence electrons. The second kappa shape index (κ2) is 9.63. The molecule has 8 rings (SSSR count). The number of aliphatic imine (C=N–C) groups is 1. The third-order valence-corrected chi connectivity index (χ3v) is 8.15. The molecule has 0 N–H and O–H groups in total. The van der Waals surface area contributed by atoms with Gasteiger partial charge in [-0.3, -0.25) is 9.97 Å². The first-order valence-corrected chi connectivity index (χ1v) is 14.0. The van der Waals surface area contributed by atoms with Crippen LogP contribution in [0.1, 0.15) is 22.4 Å². The summed E-state index contributed by atoms with van der Waals surface area (Å²) in [6.45, 7) is 1.59. The van der Waals surface area contributed by atoms with Crippen LogP contribution < -0.4 is 0 Å². The zero-order valence-electron chi connectivity index (χ0n) is 22.9. The zero-order chi connectivity index (χ0) is 28.2. The fourth-order valence-electron chi connectivity index (χ4n) is 6.36. The summed E-state index contributed by atoms with van der Waals surface area (Å²) in [5.41, 5.74) is 7.34. The third kappa shape index (κ3) is 3.72. The maximum atomic E-state index is 15.9. The van der Waals surface area contributed by atoms with E-state index < -0.39 is 7.12 Å². The summed E-state index contributed by atoms with van der Waals surface area (Å²) in [5, 5.41) is 6.48. The van der Waals surface area contributed by atoms with Crippen molar-refractivity contribution in [3.63, 3.8) is 0 Å². The number of aromatic nitrogens is 3. The van der Waals surface area contributed by atoms with Crippen LogP contribution in [0.15, 0.2) is 127 Å². The molecule has 0 saturated heterocycles. The largest absolute Gasteiger partial charge is 0.462 e. The molecule has 0 fully saturated rings. The van der Waals surface area contributed by atoms with Gasteiger partial charge in [-0.25, -0.2) is 4.99 Å². The van der Waals surface area contributed by atoms with Crippen molar-refractivity contribution in [2.24, 2.45) is 4.99 Å². The number of hydrogen-bond acceptors (Lipinski definition) is 3. The molecule has 0 aliphatic carbocycles. The Hall–Kier alpha value is -5.36. The summed E-state index contributed by atoms with van der Waals surface area (Å²) in [5.74, 6) is 0. The highest BCUT2D eigenvalue weighted by atomic mass is 19.1. The quantitative estimate of drug-likeness (QED) is 0.209. The molecule has 4 aromatic carbocycles. The highest BCUT2D eigenvalue weighted by molar-refractivity contribution is 6.50. The number of benzene rings is 4. The standard InChI is InChI=1S/C36H24BFN4/c1-37(38)42-32(30-13-11-24-7-3-5-9-28(24)34(30)36(42)26-16-20-40-21-17-26)22-31-29-12-10-23-6-2-4-8-27(23)33(29)35(41-31)25-14-18-39-19-15-25/h2-22H,1H3/b31-22-. The van der Waals surface area contributed by atoms with Crippen molar-refractivity contribution in [2.75, 3.05) is 0 Å². The highest BCUT2D eigenvalue weighted by Gasteiger charge is 2.28. The summed E-state index contributed by atoms with van der Waals surface area (Å²) in [7, 11) is -1.28. The van der Waals surface area contributed by atoms with Gasteiger partial charge in [0.15, 0.2) is 0 Å². The van der Waals surface area contributed by atoms with E-state index in [4.69, 9.17) is 4.99 Å². The van der Waals surface area contributed by atoms with Gasteiger partial charge in [0.2, 0.25) is 0 Å². The topological polar surface area (TPSA) is 43.1 Å². The molecule has 1 aliphatic heterocycles. The minimum atomic E-state index is -1.28. The average Bonchev–Trinajstić information content (AvgIpc) is 3.58. The van der Waals surface area contributed by atoms with E-state index in [2.05, 4.69) is 76.7 Å². The highest BCUT2D eigenvalue weighted by Crippen LogP contribution is 2.43. The van der Waals surface area contributed by atoms with Gasteiger partial charge in [0.25, 0.3) is 0 Å². The lowest BCUT2D eigenvalue weighted by atomic mass is 9.89. The van der Waals surface area contributed by atoms with E-state index in [9.17, 15) is 0 Å².